The molecule has 1 aliphatic heterocycles. The molecule has 3 N–H and O–H groups in total. The van der Waals surface area contributed by atoms with Crippen molar-refractivity contribution in [3.8, 4) is 0 Å². The molecule has 2 aromatic carbocycles. The Kier molecular flexibility index (Phi) is 8.11. The van der Waals surface area contributed by atoms with Crippen molar-refractivity contribution in [3.63, 3.8) is 0 Å². The molecule has 1 unspecified atom stereocenters. The summed E-state index contributed by atoms with van der Waals surface area (Å²) in [5.41, 5.74) is 5.19. The lowest BCUT2D eigenvalue weighted by atomic mass is 10.0. The van der Waals surface area contributed by atoms with Crippen LogP contribution in [-0.2, 0) is 11.2 Å². The summed E-state index contributed by atoms with van der Waals surface area (Å²) in [6.45, 7) is 3.59. The van der Waals surface area contributed by atoms with Gasteiger partial charge in [0, 0.05) is 30.9 Å². The number of rotatable bonds is 5. The van der Waals surface area contributed by atoms with Crippen molar-refractivity contribution in [2.45, 2.75) is 25.8 Å². The van der Waals surface area contributed by atoms with E-state index in [4.69, 9.17) is 0 Å². The van der Waals surface area contributed by atoms with E-state index in [1.807, 2.05) is 42.5 Å². The maximum Gasteiger partial charge on any atom is 0.322 e. The van der Waals surface area contributed by atoms with Gasteiger partial charge in [0.2, 0.25) is 0 Å². The smallest absolute Gasteiger partial charge is 0.319 e. The van der Waals surface area contributed by atoms with Crippen LogP contribution in [0.1, 0.15) is 21.5 Å². The predicted octanol–water partition coefficient (Wildman–Crippen LogP) is 2.55. The Bertz CT molecular complexity index is 1070. The van der Waals surface area contributed by atoms with Crippen LogP contribution in [0.5, 0.6) is 0 Å². The predicted molar refractivity (Wildman–Crippen MR) is 120 cm³/mol. The maximum absolute atomic E-state index is 14.8. The van der Waals surface area contributed by atoms with Gasteiger partial charge in [0.1, 0.15) is 5.82 Å². The van der Waals surface area contributed by atoms with Gasteiger partial charge < -0.3 is 15.1 Å². The van der Waals surface area contributed by atoms with Crippen LogP contribution < -0.4 is 16.2 Å². The number of carbonyl (C=O) groups excluding carboxylic acids is 3. The van der Waals surface area contributed by atoms with Crippen molar-refractivity contribution >= 4 is 23.5 Å². The zero-order valence-electron chi connectivity index (χ0n) is 18.8. The number of halogens is 3. The molecule has 2 aromatic rings. The number of hydrazine groups is 1. The number of piperazine rings is 1. The van der Waals surface area contributed by atoms with Crippen LogP contribution in [0.2, 0.25) is 0 Å². The molecule has 0 spiro atoms. The zero-order chi connectivity index (χ0) is 24.8. The van der Waals surface area contributed by atoms with Gasteiger partial charge in [-0.1, -0.05) is 18.2 Å². The second kappa shape index (κ2) is 11.0. The molecule has 1 fully saturated rings. The first-order valence-corrected chi connectivity index (χ1v) is 10.6. The maximum atomic E-state index is 14.8. The fourth-order valence-electron chi connectivity index (χ4n) is 3.72. The average molecular weight is 477 g/mol. The number of likely N-dealkylation sites (N-methyl/N-ethyl adjacent to an activating group) is 1. The molecule has 3 rings (SSSR count). The average Bonchev–Trinajstić information content (AvgIpc) is 2.78. The number of carbonyl (C=O) groups is 3. The van der Waals surface area contributed by atoms with E-state index < -0.39 is 24.1 Å². The molecular formula is C23H26F3N5O3. The summed E-state index contributed by atoms with van der Waals surface area (Å²) in [7, 11) is 1.92. The van der Waals surface area contributed by atoms with E-state index >= 15 is 0 Å². The van der Waals surface area contributed by atoms with Crippen molar-refractivity contribution in [2.75, 3.05) is 32.0 Å². The number of hydrogen-bond acceptors (Lipinski definition) is 4. The molecule has 4 amide bonds. The Morgan fingerprint density at radius 3 is 2.53 bits per heavy atom. The van der Waals surface area contributed by atoms with Crippen molar-refractivity contribution in [1.29, 1.82) is 0 Å². The highest BCUT2D eigenvalue weighted by atomic mass is 19.3. The number of nitrogens with one attached hydrogen (secondary N) is 3. The Morgan fingerprint density at radius 2 is 1.85 bits per heavy atom. The Balaban J connectivity index is 1.69. The summed E-state index contributed by atoms with van der Waals surface area (Å²) in [5.74, 6) is -3.29. The van der Waals surface area contributed by atoms with E-state index in [-0.39, 0.29) is 24.1 Å². The SMILES string of the molecule is Cc1cccc(NC(=O)N2CCN(C)CC2Cc2ccc(C(=O)NNC(=O)C(F)F)cc2F)c1. The molecule has 0 saturated carbocycles. The number of alkyl halides is 2. The molecule has 8 nitrogen and oxygen atoms in total. The minimum Gasteiger partial charge on any atom is -0.319 e. The lowest BCUT2D eigenvalue weighted by molar-refractivity contribution is -0.132. The quantitative estimate of drug-likeness (QED) is 0.577. The second-order valence-electron chi connectivity index (χ2n) is 8.16. The van der Waals surface area contributed by atoms with E-state index in [1.165, 1.54) is 12.1 Å². The summed E-state index contributed by atoms with van der Waals surface area (Å²) in [5, 5.41) is 2.89. The lowest BCUT2D eigenvalue weighted by Gasteiger charge is -2.40. The Morgan fingerprint density at radius 1 is 1.09 bits per heavy atom. The molecule has 1 aliphatic rings. The first-order chi connectivity index (χ1) is 16.1. The molecule has 1 heterocycles. The van der Waals surface area contributed by atoms with Crippen molar-refractivity contribution in [2.24, 2.45) is 0 Å². The largest absolute Gasteiger partial charge is 0.322 e. The summed E-state index contributed by atoms with van der Waals surface area (Å²) in [6.07, 6.45) is -3.08. The van der Waals surface area contributed by atoms with Gasteiger partial charge in [0.25, 0.3) is 5.91 Å². The highest BCUT2D eigenvalue weighted by molar-refractivity contribution is 5.95. The fraction of sp³-hybridized carbons (Fsp3) is 0.348. The third-order valence-corrected chi connectivity index (χ3v) is 5.48. The highest BCUT2D eigenvalue weighted by Gasteiger charge is 2.30. The number of amides is 4. The van der Waals surface area contributed by atoms with Crippen LogP contribution in [0.3, 0.4) is 0 Å². The van der Waals surface area contributed by atoms with E-state index in [9.17, 15) is 27.6 Å². The molecule has 1 atom stereocenters. The van der Waals surface area contributed by atoms with E-state index in [2.05, 4.69) is 5.32 Å². The van der Waals surface area contributed by atoms with Gasteiger partial charge in [0.05, 0.1) is 6.04 Å². The van der Waals surface area contributed by atoms with Gasteiger partial charge in [0.15, 0.2) is 0 Å². The minimum atomic E-state index is -3.29. The van der Waals surface area contributed by atoms with Gasteiger partial charge in [-0.3, -0.25) is 20.4 Å². The Labute approximate surface area is 195 Å². The molecule has 1 saturated heterocycles. The first-order valence-electron chi connectivity index (χ1n) is 10.6. The van der Waals surface area contributed by atoms with Gasteiger partial charge in [-0.25, -0.2) is 9.18 Å². The van der Waals surface area contributed by atoms with Crippen molar-refractivity contribution in [3.05, 3.63) is 65.0 Å². The van der Waals surface area contributed by atoms with E-state index in [0.717, 1.165) is 11.6 Å². The van der Waals surface area contributed by atoms with Crippen LogP contribution >= 0.6 is 0 Å². The van der Waals surface area contributed by atoms with Crippen LogP contribution in [-0.4, -0.2) is 66.8 Å². The summed E-state index contributed by atoms with van der Waals surface area (Å²) < 4.78 is 39.2. The zero-order valence-corrected chi connectivity index (χ0v) is 18.8. The molecule has 11 heteroatoms. The summed E-state index contributed by atoms with van der Waals surface area (Å²) in [6, 6.07) is 10.5. The molecule has 0 aromatic heterocycles. The molecule has 34 heavy (non-hydrogen) atoms. The van der Waals surface area contributed by atoms with Gasteiger partial charge in [-0.2, -0.15) is 8.78 Å². The van der Waals surface area contributed by atoms with E-state index in [1.54, 1.807) is 16.4 Å². The number of urea groups is 1. The third-order valence-electron chi connectivity index (χ3n) is 5.48. The summed E-state index contributed by atoms with van der Waals surface area (Å²) in [4.78, 5) is 39.5. The standard InChI is InChI=1S/C23H26F3N5O3/c1-14-4-3-5-17(10-14)27-23(34)31-9-8-30(2)13-18(31)11-15-6-7-16(12-19(15)24)21(32)28-29-22(33)20(25)26/h3-7,10,12,18,20H,8-9,11,13H2,1-2H3,(H,27,34)(H,28,32)(H,29,33). The van der Waals surface area contributed by atoms with Crippen LogP contribution in [0.25, 0.3) is 0 Å². The van der Waals surface area contributed by atoms with Crippen molar-refractivity contribution < 1.29 is 27.6 Å². The van der Waals surface area contributed by atoms with Crippen LogP contribution in [0.15, 0.2) is 42.5 Å². The number of aryl methyl sites for hydroxylation is 1. The number of anilines is 1. The van der Waals surface area contributed by atoms with Gasteiger partial charge in [-0.05, 0) is 55.8 Å². The minimum absolute atomic E-state index is 0.148. The molecule has 0 bridgehead atoms. The second-order valence-corrected chi connectivity index (χ2v) is 8.16. The van der Waals surface area contributed by atoms with Crippen LogP contribution in [0.4, 0.5) is 23.7 Å². The monoisotopic (exact) mass is 477 g/mol. The fourth-order valence-corrected chi connectivity index (χ4v) is 3.72. The number of benzene rings is 2. The number of nitrogens with zero attached hydrogens (tertiary/aromatic N) is 2. The highest BCUT2D eigenvalue weighted by Crippen LogP contribution is 2.20. The first kappa shape index (κ1) is 25.0. The van der Waals surface area contributed by atoms with Crippen molar-refractivity contribution in [1.82, 2.24) is 20.7 Å². The molecule has 0 aliphatic carbocycles. The number of hydrogen-bond donors (Lipinski definition) is 3. The van der Waals surface area contributed by atoms with Gasteiger partial charge >= 0.3 is 18.4 Å². The van der Waals surface area contributed by atoms with Crippen LogP contribution in [0, 0.1) is 12.7 Å². The van der Waals surface area contributed by atoms with E-state index in [0.29, 0.717) is 30.9 Å². The van der Waals surface area contributed by atoms with Gasteiger partial charge in [-0.15, -0.1) is 0 Å². The molecular weight excluding hydrogens is 451 g/mol. The summed E-state index contributed by atoms with van der Waals surface area (Å²) >= 11 is 0. The lowest BCUT2D eigenvalue weighted by Crippen LogP contribution is -2.56. The normalized spacial score (nSPS) is 16.3. The topological polar surface area (TPSA) is 93.8 Å². The Hall–Kier alpha value is -3.60. The third kappa shape index (κ3) is 6.47. The molecule has 182 valence electrons. The molecule has 0 radical (unpaired) electrons.